The molecule has 2 rings (SSSR count). The third-order valence-corrected chi connectivity index (χ3v) is 3.24. The Morgan fingerprint density at radius 2 is 2.00 bits per heavy atom. The number of carbonyl (C=O) groups is 2. The molecule has 0 radical (unpaired) electrons. The summed E-state index contributed by atoms with van der Waals surface area (Å²) in [6, 6.07) is -0.236. The number of rotatable bonds is 1. The van der Waals surface area contributed by atoms with Crippen molar-refractivity contribution in [2.75, 3.05) is 19.8 Å². The normalized spacial score (nSPS) is 35.9. The van der Waals surface area contributed by atoms with Gasteiger partial charge in [-0.15, -0.1) is 0 Å². The fourth-order valence-electron chi connectivity index (χ4n) is 2.59. The Bertz CT molecular complexity index is 277. The van der Waals surface area contributed by atoms with Crippen LogP contribution in [-0.4, -0.2) is 42.4 Å². The molecule has 78 valence electrons. The molecule has 0 aliphatic carbocycles. The molecular weight excluding hydrogens is 182 g/mol. The third kappa shape index (κ3) is 1.34. The highest BCUT2D eigenvalue weighted by atomic mass is 16.5. The number of carbonyl (C=O) groups excluding carboxylic acids is 2. The smallest absolute Gasteiger partial charge is 0.220 e. The number of hydrogen-bond acceptors (Lipinski definition) is 3. The number of ketones is 1. The van der Waals surface area contributed by atoms with Gasteiger partial charge in [-0.25, -0.2) is 0 Å². The van der Waals surface area contributed by atoms with Crippen LogP contribution in [0.1, 0.15) is 13.8 Å². The van der Waals surface area contributed by atoms with Crippen LogP contribution in [0.25, 0.3) is 0 Å². The van der Waals surface area contributed by atoms with Crippen molar-refractivity contribution in [1.29, 1.82) is 0 Å². The average molecular weight is 197 g/mol. The zero-order chi connectivity index (χ0) is 10.3. The van der Waals surface area contributed by atoms with Gasteiger partial charge in [0.1, 0.15) is 0 Å². The quantitative estimate of drug-likeness (QED) is 0.597. The Morgan fingerprint density at radius 1 is 1.29 bits per heavy atom. The first-order valence-electron chi connectivity index (χ1n) is 4.96. The maximum Gasteiger partial charge on any atom is 0.220 e. The molecule has 14 heavy (non-hydrogen) atoms. The second-order valence-electron chi connectivity index (χ2n) is 4.19. The Labute approximate surface area is 83.2 Å². The second-order valence-corrected chi connectivity index (χ2v) is 4.19. The Kier molecular flexibility index (Phi) is 2.31. The lowest BCUT2D eigenvalue weighted by atomic mass is 9.92. The van der Waals surface area contributed by atoms with Crippen molar-refractivity contribution >= 4 is 11.7 Å². The molecule has 2 fully saturated rings. The van der Waals surface area contributed by atoms with Crippen molar-refractivity contribution in [3.63, 3.8) is 0 Å². The molecule has 2 aliphatic heterocycles. The van der Waals surface area contributed by atoms with Crippen LogP contribution in [0.3, 0.4) is 0 Å². The molecule has 0 N–H and O–H groups in total. The van der Waals surface area contributed by atoms with Crippen molar-refractivity contribution in [1.82, 2.24) is 4.90 Å². The van der Waals surface area contributed by atoms with Crippen molar-refractivity contribution < 1.29 is 14.3 Å². The van der Waals surface area contributed by atoms with E-state index in [4.69, 9.17) is 4.74 Å². The van der Waals surface area contributed by atoms with Crippen molar-refractivity contribution in [3.05, 3.63) is 0 Å². The molecule has 2 saturated heterocycles. The van der Waals surface area contributed by atoms with E-state index in [1.165, 1.54) is 6.92 Å². The number of ether oxygens (including phenoxy) is 1. The molecule has 0 bridgehead atoms. The summed E-state index contributed by atoms with van der Waals surface area (Å²) >= 11 is 0. The van der Waals surface area contributed by atoms with Crippen molar-refractivity contribution in [2.24, 2.45) is 11.8 Å². The lowest BCUT2D eigenvalue weighted by molar-refractivity contribution is -0.136. The van der Waals surface area contributed by atoms with Crippen molar-refractivity contribution in [2.45, 2.75) is 19.9 Å². The fraction of sp³-hybridized carbons (Fsp3) is 0.800. The number of Topliss-reactive ketones (excluding diaryl/α,β-unsaturated/α-hetero) is 1. The largest absolute Gasteiger partial charge is 0.381 e. The van der Waals surface area contributed by atoms with Gasteiger partial charge >= 0.3 is 0 Å². The monoisotopic (exact) mass is 197 g/mol. The van der Waals surface area contributed by atoms with Gasteiger partial charge in [-0.2, -0.15) is 0 Å². The average Bonchev–Trinajstić information content (AvgIpc) is 2.58. The molecule has 2 aliphatic rings. The van der Waals surface area contributed by atoms with Crippen LogP contribution < -0.4 is 0 Å². The van der Waals surface area contributed by atoms with E-state index in [9.17, 15) is 9.59 Å². The van der Waals surface area contributed by atoms with Crippen LogP contribution in [0.4, 0.5) is 0 Å². The fourth-order valence-corrected chi connectivity index (χ4v) is 2.59. The molecule has 2 heterocycles. The van der Waals surface area contributed by atoms with Gasteiger partial charge in [0.2, 0.25) is 5.91 Å². The molecule has 0 aromatic rings. The first-order valence-corrected chi connectivity index (χ1v) is 4.96. The van der Waals surface area contributed by atoms with Crippen LogP contribution in [0, 0.1) is 11.8 Å². The van der Waals surface area contributed by atoms with Crippen molar-refractivity contribution in [3.8, 4) is 0 Å². The first kappa shape index (κ1) is 9.65. The molecular formula is C10H15NO3. The van der Waals surface area contributed by atoms with E-state index in [1.807, 2.05) is 0 Å². The second kappa shape index (κ2) is 3.35. The minimum Gasteiger partial charge on any atom is -0.381 e. The zero-order valence-electron chi connectivity index (χ0n) is 8.53. The van der Waals surface area contributed by atoms with Crippen LogP contribution in [0.5, 0.6) is 0 Å². The molecule has 0 spiro atoms. The number of likely N-dealkylation sites (tertiary alicyclic amines) is 1. The van der Waals surface area contributed by atoms with Gasteiger partial charge in [-0.3, -0.25) is 9.59 Å². The summed E-state index contributed by atoms with van der Waals surface area (Å²) in [4.78, 5) is 24.5. The van der Waals surface area contributed by atoms with Gasteiger partial charge in [0.05, 0.1) is 19.3 Å². The number of hydrogen-bond donors (Lipinski definition) is 0. The highest BCUT2D eigenvalue weighted by Crippen LogP contribution is 2.35. The maximum atomic E-state index is 11.5. The Hall–Kier alpha value is -0.900. The van der Waals surface area contributed by atoms with E-state index in [2.05, 4.69) is 0 Å². The van der Waals surface area contributed by atoms with Gasteiger partial charge < -0.3 is 9.64 Å². The summed E-state index contributed by atoms with van der Waals surface area (Å²) in [7, 11) is 0. The lowest BCUT2D eigenvalue weighted by Gasteiger charge is -2.23. The summed E-state index contributed by atoms with van der Waals surface area (Å²) < 4.78 is 5.33. The predicted molar refractivity (Wildman–Crippen MR) is 49.7 cm³/mol. The summed E-state index contributed by atoms with van der Waals surface area (Å²) in [5, 5.41) is 0. The van der Waals surface area contributed by atoms with Crippen LogP contribution >= 0.6 is 0 Å². The number of amides is 1. The molecule has 1 amide bonds. The van der Waals surface area contributed by atoms with Crippen LogP contribution in [0.2, 0.25) is 0 Å². The highest BCUT2D eigenvalue weighted by molar-refractivity contribution is 5.87. The van der Waals surface area contributed by atoms with Crippen LogP contribution in [-0.2, 0) is 14.3 Å². The zero-order valence-corrected chi connectivity index (χ0v) is 8.53. The minimum absolute atomic E-state index is 0.000370. The van der Waals surface area contributed by atoms with Gasteiger partial charge in [-0.05, 0) is 6.92 Å². The molecule has 4 heteroatoms. The minimum atomic E-state index is -0.236. The maximum absolute atomic E-state index is 11.5. The number of fused-ring (bicyclic) bond motifs is 1. The molecule has 3 atom stereocenters. The van der Waals surface area contributed by atoms with Gasteiger partial charge in [0.15, 0.2) is 5.78 Å². The van der Waals surface area contributed by atoms with Gasteiger partial charge in [-0.1, -0.05) is 0 Å². The Morgan fingerprint density at radius 3 is 2.57 bits per heavy atom. The lowest BCUT2D eigenvalue weighted by Crippen LogP contribution is -2.42. The summed E-state index contributed by atoms with van der Waals surface area (Å²) in [5.41, 5.74) is 0. The molecule has 4 nitrogen and oxygen atoms in total. The molecule has 0 saturated carbocycles. The predicted octanol–water partition coefficient (Wildman–Crippen LogP) is 0.0687. The summed E-state index contributed by atoms with van der Waals surface area (Å²) in [6.45, 7) is 5.08. The summed E-state index contributed by atoms with van der Waals surface area (Å²) in [6.07, 6.45) is 0. The van der Waals surface area contributed by atoms with Gasteiger partial charge in [0.25, 0.3) is 0 Å². The molecule has 0 aromatic carbocycles. The van der Waals surface area contributed by atoms with Gasteiger partial charge in [0, 0.05) is 25.3 Å². The van der Waals surface area contributed by atoms with E-state index in [-0.39, 0.29) is 23.7 Å². The Balaban J connectivity index is 2.21. The SMILES string of the molecule is CC(=O)[C@@H]1[C@H]2COC[C@H]2CN1C(C)=O. The third-order valence-electron chi connectivity index (χ3n) is 3.24. The standard InChI is InChI=1S/C10H15NO3/c1-6(12)10-9-5-14-4-8(9)3-11(10)7(2)13/h8-10H,3-5H2,1-2H3/t8-,9+,10-/m1/s1. The van der Waals surface area contributed by atoms with E-state index in [0.717, 1.165) is 0 Å². The molecule has 0 unspecified atom stereocenters. The van der Waals surface area contributed by atoms with E-state index in [1.54, 1.807) is 11.8 Å². The topological polar surface area (TPSA) is 46.6 Å². The summed E-state index contributed by atoms with van der Waals surface area (Å²) in [5.74, 6) is 0.682. The van der Waals surface area contributed by atoms with Crippen LogP contribution in [0.15, 0.2) is 0 Å². The number of nitrogens with zero attached hydrogens (tertiary/aromatic N) is 1. The van der Waals surface area contributed by atoms with E-state index < -0.39 is 0 Å². The first-order chi connectivity index (χ1) is 6.61. The van der Waals surface area contributed by atoms with E-state index in [0.29, 0.717) is 25.7 Å². The highest BCUT2D eigenvalue weighted by Gasteiger charge is 2.47. The van der Waals surface area contributed by atoms with E-state index >= 15 is 0 Å². The molecule has 0 aromatic heterocycles.